The summed E-state index contributed by atoms with van der Waals surface area (Å²) in [4.78, 5) is 13.2. The van der Waals surface area contributed by atoms with Gasteiger partial charge in [0, 0.05) is 6.54 Å². The molecule has 0 atom stereocenters. The lowest BCUT2D eigenvalue weighted by Crippen LogP contribution is -2.20. The van der Waals surface area contributed by atoms with Gasteiger partial charge in [0.05, 0.1) is 6.61 Å². The highest BCUT2D eigenvalue weighted by molar-refractivity contribution is 5.60. The van der Waals surface area contributed by atoms with Crippen LogP contribution in [0.2, 0.25) is 0 Å². The highest BCUT2D eigenvalue weighted by Crippen LogP contribution is 2.04. The van der Waals surface area contributed by atoms with Gasteiger partial charge in [-0.3, -0.25) is 0 Å². The lowest BCUT2D eigenvalue weighted by molar-refractivity contribution is 0.0197. The first-order valence-corrected chi connectivity index (χ1v) is 5.58. The van der Waals surface area contributed by atoms with Crippen LogP contribution in [0.5, 0.6) is 0 Å². The molecule has 0 aromatic carbocycles. The molecule has 15 heavy (non-hydrogen) atoms. The summed E-state index contributed by atoms with van der Waals surface area (Å²) in [6.07, 6.45) is 1.96. The quantitative estimate of drug-likeness (QED) is 0.484. The Morgan fingerprint density at radius 2 is 1.87 bits per heavy atom. The Kier molecular flexibility index (Phi) is 8.09. The van der Waals surface area contributed by atoms with Gasteiger partial charge in [0.25, 0.3) is 0 Å². The van der Waals surface area contributed by atoms with Gasteiger partial charge in [-0.15, -0.1) is 0 Å². The monoisotopic (exact) mass is 217 g/mol. The molecular weight excluding hydrogens is 194 g/mol. The molecule has 0 aliphatic rings. The van der Waals surface area contributed by atoms with E-state index in [4.69, 9.17) is 9.47 Å². The fourth-order valence-electron chi connectivity index (χ4n) is 1.16. The van der Waals surface area contributed by atoms with Crippen LogP contribution in [0.25, 0.3) is 0 Å². The van der Waals surface area contributed by atoms with E-state index < -0.39 is 6.16 Å². The molecule has 0 bridgehead atoms. The first-order valence-electron chi connectivity index (χ1n) is 5.58. The van der Waals surface area contributed by atoms with Gasteiger partial charge in [0.1, 0.15) is 6.10 Å². The van der Waals surface area contributed by atoms with Crippen molar-refractivity contribution in [2.24, 2.45) is 0 Å². The fourth-order valence-corrected chi connectivity index (χ4v) is 1.16. The maximum Gasteiger partial charge on any atom is 0.508 e. The minimum Gasteiger partial charge on any atom is -0.434 e. The Morgan fingerprint density at radius 3 is 2.33 bits per heavy atom. The van der Waals surface area contributed by atoms with Crippen LogP contribution in [0.1, 0.15) is 33.1 Å². The molecule has 0 rings (SSSR count). The van der Waals surface area contributed by atoms with Gasteiger partial charge in [-0.05, 0) is 33.4 Å². The average Bonchev–Trinajstić information content (AvgIpc) is 2.20. The third kappa shape index (κ3) is 8.24. The van der Waals surface area contributed by atoms with E-state index >= 15 is 0 Å². The van der Waals surface area contributed by atoms with E-state index in [1.54, 1.807) is 0 Å². The maximum atomic E-state index is 11.2. The van der Waals surface area contributed by atoms with E-state index in [0.29, 0.717) is 6.61 Å². The molecule has 0 aromatic rings. The van der Waals surface area contributed by atoms with E-state index in [-0.39, 0.29) is 6.10 Å². The number of carbonyl (C=O) groups excluding carboxylic acids is 1. The van der Waals surface area contributed by atoms with E-state index in [1.807, 2.05) is 27.9 Å². The molecule has 0 spiro atoms. The molecule has 4 nitrogen and oxygen atoms in total. The second-order valence-electron chi connectivity index (χ2n) is 3.81. The third-order valence-corrected chi connectivity index (χ3v) is 2.14. The predicted octanol–water partition coefficient (Wildman–Crippen LogP) is 2.28. The number of rotatable bonds is 7. The van der Waals surface area contributed by atoms with Gasteiger partial charge in [0.15, 0.2) is 0 Å². The topological polar surface area (TPSA) is 38.8 Å². The molecule has 0 aliphatic heterocycles. The van der Waals surface area contributed by atoms with Crippen molar-refractivity contribution < 1.29 is 14.3 Å². The molecular formula is C11H23NO3. The van der Waals surface area contributed by atoms with Crippen LogP contribution in [-0.2, 0) is 9.47 Å². The van der Waals surface area contributed by atoms with Crippen molar-refractivity contribution in [3.63, 3.8) is 0 Å². The van der Waals surface area contributed by atoms with Crippen molar-refractivity contribution in [1.29, 1.82) is 0 Å². The van der Waals surface area contributed by atoms with E-state index in [0.717, 1.165) is 25.8 Å². The van der Waals surface area contributed by atoms with Crippen LogP contribution in [0, 0.1) is 0 Å². The minimum atomic E-state index is -0.539. The largest absolute Gasteiger partial charge is 0.508 e. The van der Waals surface area contributed by atoms with Gasteiger partial charge < -0.3 is 14.4 Å². The van der Waals surface area contributed by atoms with Gasteiger partial charge in [-0.1, -0.05) is 13.8 Å². The molecule has 4 heteroatoms. The Hall–Kier alpha value is -0.770. The van der Waals surface area contributed by atoms with Gasteiger partial charge >= 0.3 is 6.16 Å². The van der Waals surface area contributed by atoms with Crippen molar-refractivity contribution in [1.82, 2.24) is 4.90 Å². The smallest absolute Gasteiger partial charge is 0.434 e. The molecule has 0 amide bonds. The van der Waals surface area contributed by atoms with Gasteiger partial charge in [0.2, 0.25) is 0 Å². The van der Waals surface area contributed by atoms with E-state index in [2.05, 4.69) is 4.90 Å². The van der Waals surface area contributed by atoms with Crippen LogP contribution in [-0.4, -0.2) is 44.4 Å². The maximum absolute atomic E-state index is 11.2. The molecule has 0 N–H and O–H groups in total. The van der Waals surface area contributed by atoms with Crippen LogP contribution < -0.4 is 0 Å². The fraction of sp³-hybridized carbons (Fsp3) is 0.909. The van der Waals surface area contributed by atoms with Crippen molar-refractivity contribution >= 4 is 6.16 Å². The Bertz CT molecular complexity index is 167. The molecule has 0 fully saturated rings. The first kappa shape index (κ1) is 14.2. The molecule has 0 saturated heterocycles. The Balaban J connectivity index is 3.48. The highest BCUT2D eigenvalue weighted by atomic mass is 16.7. The number of carbonyl (C=O) groups is 1. The molecule has 0 saturated carbocycles. The highest BCUT2D eigenvalue weighted by Gasteiger charge is 2.10. The normalized spacial score (nSPS) is 10.8. The van der Waals surface area contributed by atoms with E-state index in [9.17, 15) is 4.79 Å². The van der Waals surface area contributed by atoms with Crippen LogP contribution in [0.4, 0.5) is 4.79 Å². The van der Waals surface area contributed by atoms with Gasteiger partial charge in [-0.25, -0.2) is 4.79 Å². The summed E-state index contributed by atoms with van der Waals surface area (Å²) < 4.78 is 10.0. The van der Waals surface area contributed by atoms with E-state index in [1.165, 1.54) is 0 Å². The third-order valence-electron chi connectivity index (χ3n) is 2.14. The molecule has 90 valence electrons. The lowest BCUT2D eigenvalue weighted by Gasteiger charge is -2.14. The molecule has 0 heterocycles. The van der Waals surface area contributed by atoms with Crippen molar-refractivity contribution in [3.05, 3.63) is 0 Å². The molecule has 0 aliphatic carbocycles. The Morgan fingerprint density at radius 1 is 1.27 bits per heavy atom. The van der Waals surface area contributed by atoms with Crippen LogP contribution >= 0.6 is 0 Å². The zero-order valence-electron chi connectivity index (χ0n) is 10.3. The average molecular weight is 217 g/mol. The molecule has 0 aromatic heterocycles. The number of hydrogen-bond donors (Lipinski definition) is 0. The number of hydrogen-bond acceptors (Lipinski definition) is 4. The standard InChI is InChI=1S/C11H23NO3/c1-5-10(6-2)15-11(13)14-9-7-8-12(3)4/h10H,5-9H2,1-4H3. The summed E-state index contributed by atoms with van der Waals surface area (Å²) in [7, 11) is 3.98. The molecule has 0 unspecified atom stereocenters. The minimum absolute atomic E-state index is 0.00801. The Labute approximate surface area is 92.5 Å². The van der Waals surface area contributed by atoms with Crippen LogP contribution in [0.3, 0.4) is 0 Å². The summed E-state index contributed by atoms with van der Waals surface area (Å²) in [6, 6.07) is 0. The summed E-state index contributed by atoms with van der Waals surface area (Å²) in [5.41, 5.74) is 0. The number of ether oxygens (including phenoxy) is 2. The van der Waals surface area contributed by atoms with Crippen molar-refractivity contribution in [2.45, 2.75) is 39.2 Å². The summed E-state index contributed by atoms with van der Waals surface area (Å²) in [6.45, 7) is 5.33. The zero-order chi connectivity index (χ0) is 11.7. The predicted molar refractivity (Wildman–Crippen MR) is 60.0 cm³/mol. The zero-order valence-corrected chi connectivity index (χ0v) is 10.3. The SMILES string of the molecule is CCC(CC)OC(=O)OCCCN(C)C. The summed E-state index contributed by atoms with van der Waals surface area (Å²) in [5, 5.41) is 0. The second-order valence-corrected chi connectivity index (χ2v) is 3.81. The number of nitrogens with zero attached hydrogens (tertiary/aromatic N) is 1. The van der Waals surface area contributed by atoms with Crippen molar-refractivity contribution in [3.8, 4) is 0 Å². The lowest BCUT2D eigenvalue weighted by atomic mass is 10.2. The summed E-state index contributed by atoms with van der Waals surface area (Å²) >= 11 is 0. The summed E-state index contributed by atoms with van der Waals surface area (Å²) in [5.74, 6) is 0. The van der Waals surface area contributed by atoms with Crippen molar-refractivity contribution in [2.75, 3.05) is 27.2 Å². The molecule has 0 radical (unpaired) electrons. The van der Waals surface area contributed by atoms with Crippen LogP contribution in [0.15, 0.2) is 0 Å². The van der Waals surface area contributed by atoms with Gasteiger partial charge in [-0.2, -0.15) is 0 Å². The first-order chi connectivity index (χ1) is 7.10. The second kappa shape index (κ2) is 8.53.